The number of benzene rings is 3. The average Bonchev–Trinajstić information content (AvgIpc) is 2.95. The predicted molar refractivity (Wildman–Crippen MR) is 158 cm³/mol. The van der Waals surface area contributed by atoms with Gasteiger partial charge < -0.3 is 19.7 Å². The van der Waals surface area contributed by atoms with E-state index in [1.165, 1.54) is 37.3 Å². The highest BCUT2D eigenvalue weighted by atomic mass is 79.9. The van der Waals surface area contributed by atoms with Crippen molar-refractivity contribution in [2.75, 3.05) is 31.6 Å². The summed E-state index contributed by atoms with van der Waals surface area (Å²) in [6, 6.07) is 17.5. The molecule has 1 atom stereocenters. The molecule has 0 aliphatic carbocycles. The summed E-state index contributed by atoms with van der Waals surface area (Å²) < 4.78 is 40.5. The third-order valence-electron chi connectivity index (χ3n) is 6.33. The Morgan fingerprint density at radius 1 is 0.950 bits per heavy atom. The fourth-order valence-electron chi connectivity index (χ4n) is 4.04. The van der Waals surface area contributed by atoms with Gasteiger partial charge in [0.05, 0.1) is 24.8 Å². The fourth-order valence-corrected chi connectivity index (χ4v) is 5.71. The van der Waals surface area contributed by atoms with Gasteiger partial charge in [-0.05, 0) is 62.7 Å². The molecule has 1 N–H and O–H groups in total. The quantitative estimate of drug-likeness (QED) is 0.315. The molecular weight excluding hydrogens is 598 g/mol. The van der Waals surface area contributed by atoms with E-state index < -0.39 is 28.5 Å². The number of likely N-dealkylation sites (N-methyl/N-ethyl adjacent to an activating group) is 1. The highest BCUT2D eigenvalue weighted by Gasteiger charge is 2.33. The van der Waals surface area contributed by atoms with Crippen LogP contribution in [0.25, 0.3) is 0 Å². The lowest BCUT2D eigenvalue weighted by atomic mass is 10.1. The van der Waals surface area contributed by atoms with Crippen molar-refractivity contribution in [3.8, 4) is 11.5 Å². The summed E-state index contributed by atoms with van der Waals surface area (Å²) in [7, 11) is -1.28. The second-order valence-corrected chi connectivity index (χ2v) is 11.9. The van der Waals surface area contributed by atoms with Crippen molar-refractivity contribution in [1.82, 2.24) is 10.2 Å². The van der Waals surface area contributed by atoms with E-state index in [4.69, 9.17) is 9.47 Å². The Morgan fingerprint density at radius 2 is 1.57 bits per heavy atom. The molecule has 0 heterocycles. The Bertz CT molecular complexity index is 1430. The molecule has 0 fully saturated rings. The molecule has 0 unspecified atom stereocenters. The molecule has 0 aromatic heterocycles. The number of aryl methyl sites for hydroxylation is 1. The fraction of sp³-hybridized carbons (Fsp3) is 0.310. The maximum Gasteiger partial charge on any atom is 0.264 e. The number of hydrogen-bond donors (Lipinski definition) is 1. The van der Waals surface area contributed by atoms with Crippen LogP contribution < -0.4 is 19.1 Å². The van der Waals surface area contributed by atoms with Crippen molar-refractivity contribution in [2.24, 2.45) is 0 Å². The number of nitrogens with one attached hydrogen (secondary N) is 1. The van der Waals surface area contributed by atoms with E-state index in [1.54, 1.807) is 38.1 Å². The lowest BCUT2D eigenvalue weighted by molar-refractivity contribution is -0.139. The third-order valence-corrected chi connectivity index (χ3v) is 8.64. The molecule has 0 bridgehead atoms. The Labute approximate surface area is 244 Å². The summed E-state index contributed by atoms with van der Waals surface area (Å²) >= 11 is 3.41. The normalized spacial score (nSPS) is 11.8. The van der Waals surface area contributed by atoms with Crippen LogP contribution in [0.1, 0.15) is 25.0 Å². The van der Waals surface area contributed by atoms with Crippen LogP contribution in [-0.2, 0) is 26.2 Å². The lowest BCUT2D eigenvalue weighted by Gasteiger charge is -2.32. The molecule has 0 radical (unpaired) electrons. The molecule has 11 heteroatoms. The summed E-state index contributed by atoms with van der Waals surface area (Å²) in [6.45, 7) is 5.22. The van der Waals surface area contributed by atoms with Crippen LogP contribution in [0.15, 0.2) is 76.1 Å². The zero-order chi connectivity index (χ0) is 29.4. The first-order valence-electron chi connectivity index (χ1n) is 12.6. The third kappa shape index (κ3) is 7.33. The van der Waals surface area contributed by atoms with Gasteiger partial charge in [-0.1, -0.05) is 45.8 Å². The number of halogens is 1. The molecule has 0 saturated carbocycles. The number of methoxy groups -OCH3 is 2. The zero-order valence-electron chi connectivity index (χ0n) is 23.2. The molecule has 0 saturated heterocycles. The second kappa shape index (κ2) is 13.7. The smallest absolute Gasteiger partial charge is 0.264 e. The molecule has 3 aromatic rings. The summed E-state index contributed by atoms with van der Waals surface area (Å²) in [5.74, 6) is -0.176. The number of anilines is 1. The summed E-state index contributed by atoms with van der Waals surface area (Å²) in [5, 5.41) is 2.75. The van der Waals surface area contributed by atoms with Crippen molar-refractivity contribution >= 4 is 43.5 Å². The van der Waals surface area contributed by atoms with Gasteiger partial charge in [-0.25, -0.2) is 8.42 Å². The Hall–Kier alpha value is -3.57. The highest BCUT2D eigenvalue weighted by molar-refractivity contribution is 9.10. The maximum atomic E-state index is 14.0. The largest absolute Gasteiger partial charge is 0.493 e. The van der Waals surface area contributed by atoms with E-state index >= 15 is 0 Å². The molecule has 0 spiro atoms. The van der Waals surface area contributed by atoms with Gasteiger partial charge in [0.25, 0.3) is 10.0 Å². The summed E-state index contributed by atoms with van der Waals surface area (Å²) in [5.41, 5.74) is 1.89. The maximum absolute atomic E-state index is 14.0. The Balaban J connectivity index is 2.08. The van der Waals surface area contributed by atoms with Crippen molar-refractivity contribution in [1.29, 1.82) is 0 Å². The summed E-state index contributed by atoms with van der Waals surface area (Å²) in [6.07, 6.45) is 0. The molecule has 214 valence electrons. The van der Waals surface area contributed by atoms with Crippen molar-refractivity contribution in [2.45, 2.75) is 38.3 Å². The molecule has 9 nitrogen and oxygen atoms in total. The number of amides is 2. The van der Waals surface area contributed by atoms with E-state index in [0.717, 1.165) is 19.9 Å². The minimum atomic E-state index is -4.20. The number of sulfonamides is 1. The van der Waals surface area contributed by atoms with Gasteiger partial charge in [0, 0.05) is 23.6 Å². The molecule has 0 aliphatic rings. The number of hydrogen-bond acceptors (Lipinski definition) is 6. The van der Waals surface area contributed by atoms with Gasteiger partial charge >= 0.3 is 0 Å². The average molecular weight is 633 g/mol. The number of rotatable bonds is 12. The van der Waals surface area contributed by atoms with E-state index in [0.29, 0.717) is 18.0 Å². The van der Waals surface area contributed by atoms with Gasteiger partial charge in [0.1, 0.15) is 12.6 Å². The first-order valence-corrected chi connectivity index (χ1v) is 14.9. The van der Waals surface area contributed by atoms with Crippen LogP contribution in [0.3, 0.4) is 0 Å². The molecule has 2 amide bonds. The SMILES string of the molecule is CCNC(=O)[C@H](C)N(Cc1ccc(Br)cc1)C(=O)CN(c1ccc(OC)c(OC)c1)S(=O)(=O)c1ccc(C)cc1. The van der Waals surface area contributed by atoms with E-state index in [1.807, 2.05) is 31.2 Å². The topological polar surface area (TPSA) is 105 Å². The zero-order valence-corrected chi connectivity index (χ0v) is 25.6. The minimum Gasteiger partial charge on any atom is -0.493 e. The van der Waals surface area contributed by atoms with Crippen LogP contribution in [0.5, 0.6) is 11.5 Å². The number of carbonyl (C=O) groups excluding carboxylic acids is 2. The molecular formula is C29H34BrN3O6S. The van der Waals surface area contributed by atoms with Gasteiger partial charge in [0.2, 0.25) is 11.8 Å². The van der Waals surface area contributed by atoms with Crippen molar-refractivity contribution in [3.63, 3.8) is 0 Å². The molecule has 3 rings (SSSR count). The standard InChI is InChI=1S/C29H34BrN3O6S/c1-6-31-29(35)21(3)32(18-22-9-11-23(30)12-10-22)28(34)19-33(24-13-16-26(38-4)27(17-24)39-5)40(36,37)25-14-7-20(2)8-15-25/h7-17,21H,6,18-19H2,1-5H3,(H,31,35)/t21-/m0/s1. The molecule has 40 heavy (non-hydrogen) atoms. The second-order valence-electron chi connectivity index (χ2n) is 9.08. The van der Waals surface area contributed by atoms with Crippen LogP contribution in [0.2, 0.25) is 0 Å². The minimum absolute atomic E-state index is 0.0249. The first-order chi connectivity index (χ1) is 19.0. The number of ether oxygens (including phenoxy) is 2. The van der Waals surface area contributed by atoms with Gasteiger partial charge in [-0.3, -0.25) is 13.9 Å². The van der Waals surface area contributed by atoms with E-state index in [2.05, 4.69) is 21.2 Å². The van der Waals surface area contributed by atoms with Gasteiger partial charge in [0.15, 0.2) is 11.5 Å². The van der Waals surface area contributed by atoms with Crippen molar-refractivity contribution in [3.05, 3.63) is 82.3 Å². The van der Waals surface area contributed by atoms with Gasteiger partial charge in [-0.2, -0.15) is 0 Å². The van der Waals surface area contributed by atoms with Crippen LogP contribution >= 0.6 is 15.9 Å². The predicted octanol–water partition coefficient (Wildman–Crippen LogP) is 4.52. The van der Waals surface area contributed by atoms with Crippen LogP contribution in [0.4, 0.5) is 5.69 Å². The van der Waals surface area contributed by atoms with E-state index in [-0.39, 0.29) is 23.0 Å². The highest BCUT2D eigenvalue weighted by Crippen LogP contribution is 2.34. The Morgan fingerprint density at radius 3 is 2.15 bits per heavy atom. The van der Waals surface area contributed by atoms with Crippen molar-refractivity contribution < 1.29 is 27.5 Å². The van der Waals surface area contributed by atoms with E-state index in [9.17, 15) is 18.0 Å². The van der Waals surface area contributed by atoms with Crippen LogP contribution in [-0.4, -0.2) is 58.5 Å². The van der Waals surface area contributed by atoms with Crippen LogP contribution in [0, 0.1) is 6.92 Å². The number of carbonyl (C=O) groups is 2. The monoisotopic (exact) mass is 631 g/mol. The summed E-state index contributed by atoms with van der Waals surface area (Å²) in [4.78, 5) is 28.2. The lowest BCUT2D eigenvalue weighted by Crippen LogP contribution is -2.51. The first kappa shape index (κ1) is 31.0. The van der Waals surface area contributed by atoms with Gasteiger partial charge in [-0.15, -0.1) is 0 Å². The number of nitrogens with zero attached hydrogens (tertiary/aromatic N) is 2. The Kier molecular flexibility index (Phi) is 10.6. The molecule has 3 aromatic carbocycles. The molecule has 0 aliphatic heterocycles.